The van der Waals surface area contributed by atoms with Crippen molar-refractivity contribution < 1.29 is 30.8 Å². The molecule has 0 bridgehead atoms. The third kappa shape index (κ3) is 6.65. The summed E-state index contributed by atoms with van der Waals surface area (Å²) in [5.74, 6) is -1.29. The lowest BCUT2D eigenvalue weighted by Gasteiger charge is -2.32. The molecule has 9 nitrogen and oxygen atoms in total. The average molecular weight is 594 g/mol. The number of anilines is 2. The summed E-state index contributed by atoms with van der Waals surface area (Å²) < 4.78 is 72.9. The van der Waals surface area contributed by atoms with Crippen LogP contribution in [0, 0.1) is 5.82 Å². The van der Waals surface area contributed by atoms with Crippen LogP contribution in [0.2, 0.25) is 5.02 Å². The van der Waals surface area contributed by atoms with E-state index in [4.69, 9.17) is 16.3 Å². The summed E-state index contributed by atoms with van der Waals surface area (Å²) in [6, 6.07) is 13.8. The van der Waals surface area contributed by atoms with Crippen LogP contribution >= 0.6 is 11.6 Å². The van der Waals surface area contributed by atoms with Gasteiger partial charge >= 0.3 is 0 Å². The Bertz CT molecular complexity index is 1570. The second-order valence-electron chi connectivity index (χ2n) is 8.55. The zero-order chi connectivity index (χ0) is 28.2. The Morgan fingerprint density at radius 1 is 0.974 bits per heavy atom. The SMILES string of the molecule is C=CC(N1CCOCC1)S(=O)(=O)c1ccc(NC(=O)c2cc(Cl)ccc2NS(=O)(=O)c2ccc(F)cc2)cc1. The first-order chi connectivity index (χ1) is 18.5. The second-order valence-corrected chi connectivity index (χ2v) is 12.7. The van der Waals surface area contributed by atoms with Gasteiger partial charge in [0.25, 0.3) is 15.9 Å². The molecule has 2 N–H and O–H groups in total. The molecule has 1 amide bonds. The van der Waals surface area contributed by atoms with Crippen molar-refractivity contribution in [2.75, 3.05) is 36.3 Å². The summed E-state index contributed by atoms with van der Waals surface area (Å²) in [5.41, 5.74) is 0.136. The minimum Gasteiger partial charge on any atom is -0.379 e. The van der Waals surface area contributed by atoms with Gasteiger partial charge in [0.15, 0.2) is 9.84 Å². The van der Waals surface area contributed by atoms with Gasteiger partial charge in [0, 0.05) is 23.8 Å². The van der Waals surface area contributed by atoms with Crippen LogP contribution in [0.1, 0.15) is 10.4 Å². The van der Waals surface area contributed by atoms with Crippen molar-refractivity contribution in [3.63, 3.8) is 0 Å². The van der Waals surface area contributed by atoms with E-state index in [-0.39, 0.29) is 31.8 Å². The van der Waals surface area contributed by atoms with Gasteiger partial charge in [-0.1, -0.05) is 17.7 Å². The Morgan fingerprint density at radius 3 is 2.21 bits per heavy atom. The first-order valence-corrected chi connectivity index (χ1v) is 15.1. The molecule has 3 aromatic carbocycles. The van der Waals surface area contributed by atoms with Crippen LogP contribution < -0.4 is 10.0 Å². The van der Waals surface area contributed by atoms with Gasteiger partial charge in [-0.25, -0.2) is 21.2 Å². The molecule has 1 aliphatic rings. The summed E-state index contributed by atoms with van der Waals surface area (Å²) in [6.45, 7) is 5.45. The first kappa shape index (κ1) is 28.7. The Kier molecular flexibility index (Phi) is 8.72. The number of sulfonamides is 1. The second kappa shape index (κ2) is 11.8. The molecule has 1 aliphatic heterocycles. The minimum atomic E-state index is -4.14. The molecule has 0 radical (unpaired) electrons. The van der Waals surface area contributed by atoms with Gasteiger partial charge in [-0.3, -0.25) is 14.4 Å². The van der Waals surface area contributed by atoms with E-state index in [0.717, 1.165) is 24.3 Å². The predicted molar refractivity (Wildman–Crippen MR) is 147 cm³/mol. The van der Waals surface area contributed by atoms with E-state index in [1.165, 1.54) is 48.5 Å². The van der Waals surface area contributed by atoms with Crippen molar-refractivity contribution in [1.29, 1.82) is 0 Å². The molecule has 0 aromatic heterocycles. The molecule has 0 spiro atoms. The number of sulfone groups is 1. The molecule has 3 aromatic rings. The lowest BCUT2D eigenvalue weighted by Crippen LogP contribution is -2.46. The number of carbonyl (C=O) groups excluding carboxylic acids is 1. The lowest BCUT2D eigenvalue weighted by molar-refractivity contribution is 0.0374. The maximum absolute atomic E-state index is 13.2. The number of amides is 1. The van der Waals surface area contributed by atoms with Crippen LogP contribution in [0.4, 0.5) is 15.8 Å². The Labute approximate surface area is 231 Å². The number of morpholine rings is 1. The van der Waals surface area contributed by atoms with Crippen molar-refractivity contribution in [3.8, 4) is 0 Å². The number of nitrogens with zero attached hydrogens (tertiary/aromatic N) is 1. The highest BCUT2D eigenvalue weighted by Crippen LogP contribution is 2.26. The lowest BCUT2D eigenvalue weighted by atomic mass is 10.1. The van der Waals surface area contributed by atoms with Gasteiger partial charge in [-0.15, -0.1) is 6.58 Å². The highest BCUT2D eigenvalue weighted by atomic mass is 35.5. The van der Waals surface area contributed by atoms with Crippen molar-refractivity contribution in [1.82, 2.24) is 4.90 Å². The van der Waals surface area contributed by atoms with E-state index in [1.807, 2.05) is 0 Å². The Hall–Kier alpha value is -3.29. The van der Waals surface area contributed by atoms with Crippen molar-refractivity contribution in [2.24, 2.45) is 0 Å². The van der Waals surface area contributed by atoms with Gasteiger partial charge in [-0.05, 0) is 66.7 Å². The fourth-order valence-corrected chi connectivity index (χ4v) is 6.88. The number of rotatable bonds is 9. The largest absolute Gasteiger partial charge is 0.379 e. The molecule has 1 fully saturated rings. The number of hydrogen-bond acceptors (Lipinski definition) is 7. The summed E-state index contributed by atoms with van der Waals surface area (Å²) in [4.78, 5) is 14.7. The van der Waals surface area contributed by atoms with Crippen LogP contribution in [-0.2, 0) is 24.6 Å². The molecule has 1 saturated heterocycles. The summed E-state index contributed by atoms with van der Waals surface area (Å²) in [7, 11) is -7.93. The normalized spacial score (nSPS) is 15.3. The smallest absolute Gasteiger partial charge is 0.261 e. The molecule has 1 heterocycles. The Balaban J connectivity index is 1.53. The molecule has 1 unspecified atom stereocenters. The summed E-state index contributed by atoms with van der Waals surface area (Å²) in [6.07, 6.45) is 1.38. The maximum Gasteiger partial charge on any atom is 0.261 e. The number of nitrogens with one attached hydrogen (secondary N) is 2. The van der Waals surface area contributed by atoms with Gasteiger partial charge in [0.1, 0.15) is 11.2 Å². The van der Waals surface area contributed by atoms with Crippen LogP contribution in [0.3, 0.4) is 0 Å². The molecule has 13 heteroatoms. The molecule has 0 aliphatic carbocycles. The standard InChI is InChI=1S/C26H25ClFN3O6S2/c1-2-25(31-13-15-37-16-14-31)38(33,34)21-10-6-20(7-11-21)29-26(32)23-17-18(27)3-12-24(23)30-39(35,36)22-8-4-19(28)5-9-22/h2-12,17,25,30H,1,13-16H2,(H,29,32). The minimum absolute atomic E-state index is 0.0485. The number of benzene rings is 3. The summed E-state index contributed by atoms with van der Waals surface area (Å²) in [5, 5.41) is 1.88. The topological polar surface area (TPSA) is 122 Å². The molecule has 206 valence electrons. The molecular formula is C26H25ClFN3O6S2. The first-order valence-electron chi connectivity index (χ1n) is 11.7. The highest BCUT2D eigenvalue weighted by Gasteiger charge is 2.31. The van der Waals surface area contributed by atoms with Crippen molar-refractivity contribution >= 4 is 48.7 Å². The highest BCUT2D eigenvalue weighted by molar-refractivity contribution is 7.92. The molecular weight excluding hydrogens is 569 g/mol. The van der Waals surface area contributed by atoms with E-state index in [2.05, 4.69) is 16.6 Å². The van der Waals surface area contributed by atoms with Crippen LogP contribution in [-0.4, -0.2) is 59.3 Å². The Morgan fingerprint density at radius 2 is 1.59 bits per heavy atom. The van der Waals surface area contributed by atoms with Crippen LogP contribution in [0.25, 0.3) is 0 Å². The maximum atomic E-state index is 13.2. The number of halogens is 2. The predicted octanol–water partition coefficient (Wildman–Crippen LogP) is 4.15. The van der Waals surface area contributed by atoms with E-state index < -0.39 is 37.0 Å². The number of hydrogen-bond donors (Lipinski definition) is 2. The number of carbonyl (C=O) groups is 1. The summed E-state index contributed by atoms with van der Waals surface area (Å²) >= 11 is 6.06. The van der Waals surface area contributed by atoms with Crippen LogP contribution in [0.15, 0.2) is 89.2 Å². The fraction of sp³-hybridized carbons (Fsp3) is 0.192. The van der Waals surface area contributed by atoms with Crippen molar-refractivity contribution in [3.05, 3.63) is 95.8 Å². The monoisotopic (exact) mass is 593 g/mol. The van der Waals surface area contributed by atoms with Gasteiger partial charge in [0.05, 0.1) is 34.3 Å². The molecule has 1 atom stereocenters. The number of ether oxygens (including phenoxy) is 1. The average Bonchev–Trinajstić information content (AvgIpc) is 2.91. The fourth-order valence-electron chi connectivity index (χ4n) is 3.98. The molecule has 4 rings (SSSR count). The third-order valence-corrected chi connectivity index (χ3v) is 9.63. The quantitative estimate of drug-likeness (QED) is 0.357. The zero-order valence-corrected chi connectivity index (χ0v) is 22.9. The van der Waals surface area contributed by atoms with E-state index in [0.29, 0.717) is 26.3 Å². The zero-order valence-electron chi connectivity index (χ0n) is 20.5. The van der Waals surface area contributed by atoms with Gasteiger partial charge < -0.3 is 10.1 Å². The van der Waals surface area contributed by atoms with E-state index >= 15 is 0 Å². The van der Waals surface area contributed by atoms with Gasteiger partial charge in [-0.2, -0.15) is 0 Å². The molecule has 39 heavy (non-hydrogen) atoms. The van der Waals surface area contributed by atoms with E-state index in [9.17, 15) is 26.0 Å². The van der Waals surface area contributed by atoms with Crippen LogP contribution in [0.5, 0.6) is 0 Å². The van der Waals surface area contributed by atoms with Crippen molar-refractivity contribution in [2.45, 2.75) is 15.2 Å². The van der Waals surface area contributed by atoms with Gasteiger partial charge in [0.2, 0.25) is 0 Å². The van der Waals surface area contributed by atoms with E-state index in [1.54, 1.807) is 4.90 Å². The molecule has 0 saturated carbocycles. The third-order valence-electron chi connectivity index (χ3n) is 5.96.